The number of H-pyrrole nitrogens is 1. The second-order valence-electron chi connectivity index (χ2n) is 4.42. The number of nitrogens with zero attached hydrogens (tertiary/aromatic N) is 2. The Morgan fingerprint density at radius 1 is 1.58 bits per heavy atom. The number of aryl methyl sites for hydroxylation is 1. The van der Waals surface area contributed by atoms with E-state index in [4.69, 9.17) is 0 Å². The van der Waals surface area contributed by atoms with Crippen LogP contribution in [0.2, 0.25) is 0 Å². The summed E-state index contributed by atoms with van der Waals surface area (Å²) in [5.74, 6) is -0.203. The highest BCUT2D eigenvalue weighted by Gasteiger charge is 2.20. The van der Waals surface area contributed by atoms with Crippen LogP contribution in [-0.4, -0.2) is 51.8 Å². The number of aromatic amines is 1. The molecule has 2 N–H and O–H groups in total. The minimum atomic E-state index is -0.454. The van der Waals surface area contributed by atoms with E-state index in [9.17, 15) is 14.7 Å². The molecule has 1 aromatic heterocycles. The van der Waals surface area contributed by atoms with Crippen molar-refractivity contribution in [3.63, 3.8) is 0 Å². The fourth-order valence-corrected chi connectivity index (χ4v) is 2.25. The molecule has 1 rings (SSSR count). The lowest BCUT2D eigenvalue weighted by atomic mass is 10.2. The van der Waals surface area contributed by atoms with Crippen molar-refractivity contribution in [3.8, 4) is 0 Å². The minimum Gasteiger partial charge on any atom is -0.393 e. The fourth-order valence-electron chi connectivity index (χ4n) is 1.63. The van der Waals surface area contributed by atoms with Gasteiger partial charge in [0.25, 0.3) is 5.91 Å². The van der Waals surface area contributed by atoms with Crippen LogP contribution in [0.15, 0.2) is 9.82 Å². The molecule has 0 bridgehead atoms. The molecule has 6 nitrogen and oxygen atoms in total. The first-order chi connectivity index (χ1) is 8.86. The van der Waals surface area contributed by atoms with E-state index in [0.717, 1.165) is 0 Å². The highest BCUT2D eigenvalue weighted by Crippen LogP contribution is 2.19. The maximum absolute atomic E-state index is 12.3. The highest BCUT2D eigenvalue weighted by atomic mass is 32.2. The summed E-state index contributed by atoms with van der Waals surface area (Å²) in [6, 6.07) is 0. The number of aromatic nitrogens is 2. The van der Waals surface area contributed by atoms with E-state index in [-0.39, 0.29) is 5.91 Å². The van der Waals surface area contributed by atoms with Crippen LogP contribution in [0, 0.1) is 6.92 Å². The summed E-state index contributed by atoms with van der Waals surface area (Å²) >= 11 is 1.27. The summed E-state index contributed by atoms with van der Waals surface area (Å²) in [6.45, 7) is 3.81. The number of hydrogen-bond donors (Lipinski definition) is 2. The zero-order chi connectivity index (χ0) is 14.6. The maximum atomic E-state index is 12.3. The Labute approximate surface area is 116 Å². The maximum Gasteiger partial charge on any atom is 0.346 e. The summed E-state index contributed by atoms with van der Waals surface area (Å²) < 4.78 is 0. The molecule has 0 spiro atoms. The summed E-state index contributed by atoms with van der Waals surface area (Å²) in [5, 5.41) is 9.67. The number of aliphatic hydroxyl groups excluding tert-OH is 1. The third-order valence-electron chi connectivity index (χ3n) is 2.72. The Morgan fingerprint density at radius 3 is 2.74 bits per heavy atom. The predicted octanol–water partition coefficient (Wildman–Crippen LogP) is 0.643. The van der Waals surface area contributed by atoms with Gasteiger partial charge in [0.1, 0.15) is 5.03 Å². The van der Waals surface area contributed by atoms with Crippen molar-refractivity contribution < 1.29 is 9.90 Å². The zero-order valence-corrected chi connectivity index (χ0v) is 12.4. The SMILES string of the molecule is CSc1nc(=O)[nH]c(C)c1C(=O)N(C)CCC(C)O. The Bertz CT molecular complexity index is 513. The molecule has 1 atom stereocenters. The molecule has 19 heavy (non-hydrogen) atoms. The standard InChI is InChI=1S/C12H19N3O3S/c1-7(16)5-6-15(3)11(17)9-8(2)13-12(18)14-10(9)19-4/h7,16H,5-6H2,1-4H3,(H,13,14,18). The van der Waals surface area contributed by atoms with Gasteiger partial charge in [-0.15, -0.1) is 11.8 Å². The summed E-state index contributed by atoms with van der Waals surface area (Å²) in [5.41, 5.74) is 0.475. The Hall–Kier alpha value is -1.34. The van der Waals surface area contributed by atoms with E-state index in [1.807, 2.05) is 0 Å². The number of nitrogens with one attached hydrogen (secondary N) is 1. The molecule has 0 aliphatic rings. The molecule has 1 heterocycles. The van der Waals surface area contributed by atoms with Crippen molar-refractivity contribution in [2.45, 2.75) is 31.4 Å². The van der Waals surface area contributed by atoms with Crippen LogP contribution in [-0.2, 0) is 0 Å². The molecular weight excluding hydrogens is 266 g/mol. The van der Waals surface area contributed by atoms with Gasteiger partial charge in [-0.1, -0.05) is 0 Å². The van der Waals surface area contributed by atoms with Crippen LogP contribution in [0.3, 0.4) is 0 Å². The third-order valence-corrected chi connectivity index (χ3v) is 3.40. The molecular formula is C12H19N3O3S. The topological polar surface area (TPSA) is 86.3 Å². The second-order valence-corrected chi connectivity index (χ2v) is 5.21. The molecule has 1 unspecified atom stereocenters. The van der Waals surface area contributed by atoms with Gasteiger partial charge in [0.2, 0.25) is 0 Å². The largest absolute Gasteiger partial charge is 0.393 e. The third kappa shape index (κ3) is 4.07. The molecule has 0 radical (unpaired) electrons. The van der Waals surface area contributed by atoms with Gasteiger partial charge in [-0.05, 0) is 26.5 Å². The van der Waals surface area contributed by atoms with Crippen LogP contribution in [0.25, 0.3) is 0 Å². The lowest BCUT2D eigenvalue weighted by Gasteiger charge is -2.19. The zero-order valence-electron chi connectivity index (χ0n) is 11.6. The summed E-state index contributed by atoms with van der Waals surface area (Å²) in [6.07, 6.45) is 1.82. The van der Waals surface area contributed by atoms with E-state index in [1.54, 1.807) is 27.2 Å². The number of hydrogen-bond acceptors (Lipinski definition) is 5. The van der Waals surface area contributed by atoms with Crippen molar-refractivity contribution in [2.75, 3.05) is 19.8 Å². The van der Waals surface area contributed by atoms with E-state index in [0.29, 0.717) is 29.2 Å². The molecule has 0 aliphatic carbocycles. The number of amides is 1. The number of thioether (sulfide) groups is 1. The molecule has 0 fully saturated rings. The average molecular weight is 285 g/mol. The lowest BCUT2D eigenvalue weighted by Crippen LogP contribution is -2.32. The van der Waals surface area contributed by atoms with Gasteiger partial charge >= 0.3 is 5.69 Å². The minimum absolute atomic E-state index is 0.203. The van der Waals surface area contributed by atoms with Gasteiger partial charge in [-0.25, -0.2) is 4.79 Å². The predicted molar refractivity (Wildman–Crippen MR) is 74.6 cm³/mol. The Kier molecular flexibility index (Phi) is 5.56. The van der Waals surface area contributed by atoms with Crippen molar-refractivity contribution in [3.05, 3.63) is 21.7 Å². The molecule has 1 aromatic rings. The second kappa shape index (κ2) is 6.72. The normalized spacial score (nSPS) is 12.3. The van der Waals surface area contributed by atoms with Crippen LogP contribution < -0.4 is 5.69 Å². The number of rotatable bonds is 5. The van der Waals surface area contributed by atoms with Crippen molar-refractivity contribution in [2.24, 2.45) is 0 Å². The molecule has 0 aliphatic heterocycles. The van der Waals surface area contributed by atoms with E-state index < -0.39 is 11.8 Å². The van der Waals surface area contributed by atoms with Gasteiger partial charge < -0.3 is 15.0 Å². The molecule has 0 aromatic carbocycles. The van der Waals surface area contributed by atoms with E-state index in [2.05, 4.69) is 9.97 Å². The fraction of sp³-hybridized carbons (Fsp3) is 0.583. The van der Waals surface area contributed by atoms with Crippen LogP contribution in [0.5, 0.6) is 0 Å². The smallest absolute Gasteiger partial charge is 0.346 e. The molecule has 7 heteroatoms. The van der Waals surface area contributed by atoms with Crippen LogP contribution in [0.4, 0.5) is 0 Å². The lowest BCUT2D eigenvalue weighted by molar-refractivity contribution is 0.0763. The van der Waals surface area contributed by atoms with Gasteiger partial charge in [-0.3, -0.25) is 4.79 Å². The monoisotopic (exact) mass is 285 g/mol. The molecule has 106 valence electrons. The molecule has 1 amide bonds. The van der Waals surface area contributed by atoms with Gasteiger partial charge in [0, 0.05) is 19.3 Å². The van der Waals surface area contributed by atoms with Crippen molar-refractivity contribution >= 4 is 17.7 Å². The summed E-state index contributed by atoms with van der Waals surface area (Å²) in [4.78, 5) is 31.5. The number of carbonyl (C=O) groups is 1. The quantitative estimate of drug-likeness (QED) is 0.612. The average Bonchev–Trinajstić information content (AvgIpc) is 2.34. The van der Waals surface area contributed by atoms with Gasteiger partial charge in [0.15, 0.2) is 0 Å². The van der Waals surface area contributed by atoms with Crippen LogP contribution in [0.1, 0.15) is 29.4 Å². The van der Waals surface area contributed by atoms with Gasteiger partial charge in [0.05, 0.1) is 11.7 Å². The first kappa shape index (κ1) is 15.7. The van der Waals surface area contributed by atoms with Crippen molar-refractivity contribution in [1.29, 1.82) is 0 Å². The number of carbonyl (C=O) groups excluding carboxylic acids is 1. The highest BCUT2D eigenvalue weighted by molar-refractivity contribution is 7.98. The first-order valence-corrected chi connectivity index (χ1v) is 7.17. The number of aliphatic hydroxyl groups is 1. The first-order valence-electron chi connectivity index (χ1n) is 5.95. The molecule has 0 saturated heterocycles. The Balaban J connectivity index is 3.02. The molecule has 0 saturated carbocycles. The summed E-state index contributed by atoms with van der Waals surface area (Å²) in [7, 11) is 1.67. The van der Waals surface area contributed by atoms with E-state index in [1.165, 1.54) is 16.7 Å². The van der Waals surface area contributed by atoms with E-state index >= 15 is 0 Å². The van der Waals surface area contributed by atoms with Crippen molar-refractivity contribution in [1.82, 2.24) is 14.9 Å². The Morgan fingerprint density at radius 2 is 2.21 bits per heavy atom. The van der Waals surface area contributed by atoms with Crippen LogP contribution >= 0.6 is 11.8 Å². The van der Waals surface area contributed by atoms with Gasteiger partial charge in [-0.2, -0.15) is 4.98 Å².